The first-order chi connectivity index (χ1) is 12.3. The fourth-order valence-corrected chi connectivity index (χ4v) is 4.08. The Balaban J connectivity index is 1.47. The lowest BCUT2D eigenvalue weighted by atomic mass is 10.2. The highest BCUT2D eigenvalue weighted by Crippen LogP contribution is 2.25. The summed E-state index contributed by atoms with van der Waals surface area (Å²) in [5.74, 6) is 0.854. The van der Waals surface area contributed by atoms with Crippen LogP contribution < -0.4 is 10.5 Å². The van der Waals surface area contributed by atoms with Gasteiger partial charge in [-0.15, -0.1) is 10.2 Å². The van der Waals surface area contributed by atoms with Crippen LogP contribution in [0.15, 0.2) is 35.3 Å². The van der Waals surface area contributed by atoms with E-state index in [0.29, 0.717) is 6.54 Å². The number of hydrogen-bond acceptors (Lipinski definition) is 5. The average molecular weight is 336 g/mol. The largest absolute Gasteiger partial charge is 0.336 e. The summed E-state index contributed by atoms with van der Waals surface area (Å²) in [6.07, 6.45) is 7.19. The SMILES string of the molecule is O=c1cc2c(nn1CC1CCCN1c1nnc3ccccn13)CCC2. The molecule has 1 aliphatic heterocycles. The van der Waals surface area contributed by atoms with E-state index >= 15 is 0 Å². The number of pyridine rings is 1. The summed E-state index contributed by atoms with van der Waals surface area (Å²) in [5, 5.41) is 13.3. The highest BCUT2D eigenvalue weighted by atomic mass is 16.1. The number of hydrogen-bond donors (Lipinski definition) is 0. The Labute approximate surface area is 144 Å². The van der Waals surface area contributed by atoms with Crippen molar-refractivity contribution in [1.82, 2.24) is 24.4 Å². The molecule has 1 atom stereocenters. The van der Waals surface area contributed by atoms with Crippen LogP contribution in [0.3, 0.4) is 0 Å². The third kappa shape index (κ3) is 2.42. The van der Waals surface area contributed by atoms with Crippen molar-refractivity contribution in [2.75, 3.05) is 11.4 Å². The first-order valence-corrected chi connectivity index (χ1v) is 8.96. The maximum absolute atomic E-state index is 12.4. The Morgan fingerprint density at radius 3 is 3.08 bits per heavy atom. The monoisotopic (exact) mass is 336 g/mol. The van der Waals surface area contributed by atoms with Crippen LogP contribution in [0.4, 0.5) is 5.95 Å². The van der Waals surface area contributed by atoms with Crippen LogP contribution in [0.1, 0.15) is 30.5 Å². The second-order valence-corrected chi connectivity index (χ2v) is 6.91. The van der Waals surface area contributed by atoms with E-state index in [1.807, 2.05) is 28.8 Å². The van der Waals surface area contributed by atoms with Gasteiger partial charge in [0.1, 0.15) is 0 Å². The van der Waals surface area contributed by atoms with Crippen LogP contribution in [0, 0.1) is 0 Å². The normalized spacial score (nSPS) is 19.7. The van der Waals surface area contributed by atoms with Gasteiger partial charge in [-0.05, 0) is 49.8 Å². The molecule has 0 amide bonds. The first kappa shape index (κ1) is 14.6. The Hall–Kier alpha value is -2.70. The number of anilines is 1. The molecule has 25 heavy (non-hydrogen) atoms. The first-order valence-electron chi connectivity index (χ1n) is 8.96. The van der Waals surface area contributed by atoms with Crippen molar-refractivity contribution in [2.45, 2.75) is 44.7 Å². The lowest BCUT2D eigenvalue weighted by Crippen LogP contribution is -2.38. The average Bonchev–Trinajstić information content (AvgIpc) is 3.34. The van der Waals surface area contributed by atoms with Gasteiger partial charge in [-0.25, -0.2) is 4.68 Å². The third-order valence-corrected chi connectivity index (χ3v) is 5.34. The highest BCUT2D eigenvalue weighted by Gasteiger charge is 2.29. The Morgan fingerprint density at radius 1 is 1.16 bits per heavy atom. The maximum Gasteiger partial charge on any atom is 0.267 e. The standard InChI is InChI=1S/C18H20N6O/c25-17-11-13-5-3-7-15(13)21-24(17)12-14-6-4-10-22(14)18-20-19-16-8-1-2-9-23(16)18/h1-2,8-9,11,14H,3-7,10,12H2. The van der Waals surface area contributed by atoms with Gasteiger partial charge in [0.25, 0.3) is 5.56 Å². The van der Waals surface area contributed by atoms with Crippen LogP contribution in [0.2, 0.25) is 0 Å². The number of fused-ring (bicyclic) bond motifs is 2. The van der Waals surface area contributed by atoms with E-state index in [4.69, 9.17) is 0 Å². The van der Waals surface area contributed by atoms with Gasteiger partial charge in [0, 0.05) is 18.8 Å². The zero-order chi connectivity index (χ0) is 16.8. The van der Waals surface area contributed by atoms with Gasteiger partial charge in [-0.3, -0.25) is 9.20 Å². The van der Waals surface area contributed by atoms with E-state index in [-0.39, 0.29) is 11.6 Å². The summed E-state index contributed by atoms with van der Waals surface area (Å²) < 4.78 is 3.66. The topological polar surface area (TPSA) is 68.3 Å². The minimum Gasteiger partial charge on any atom is -0.336 e. The predicted octanol–water partition coefficient (Wildman–Crippen LogP) is 1.44. The summed E-state index contributed by atoms with van der Waals surface area (Å²) in [7, 11) is 0. The fraction of sp³-hybridized carbons (Fsp3) is 0.444. The van der Waals surface area contributed by atoms with Crippen molar-refractivity contribution < 1.29 is 0 Å². The van der Waals surface area contributed by atoms with Gasteiger partial charge in [-0.1, -0.05) is 6.07 Å². The summed E-state index contributed by atoms with van der Waals surface area (Å²) in [4.78, 5) is 14.7. The summed E-state index contributed by atoms with van der Waals surface area (Å²) in [5.41, 5.74) is 3.08. The molecule has 7 nitrogen and oxygen atoms in total. The molecule has 0 bridgehead atoms. The number of rotatable bonds is 3. The minimum atomic E-state index is 0.0126. The summed E-state index contributed by atoms with van der Waals surface area (Å²) in [6.45, 7) is 1.54. The second-order valence-electron chi connectivity index (χ2n) is 6.91. The minimum absolute atomic E-state index is 0.0126. The number of nitrogens with zero attached hydrogens (tertiary/aromatic N) is 6. The third-order valence-electron chi connectivity index (χ3n) is 5.34. The molecule has 128 valence electrons. The Kier molecular flexibility index (Phi) is 3.33. The van der Waals surface area contributed by atoms with Crippen molar-refractivity contribution in [3.8, 4) is 0 Å². The molecule has 0 spiro atoms. The van der Waals surface area contributed by atoms with E-state index in [1.54, 1.807) is 10.7 Å². The molecular weight excluding hydrogens is 316 g/mol. The molecule has 1 saturated heterocycles. The zero-order valence-electron chi connectivity index (χ0n) is 14.0. The van der Waals surface area contributed by atoms with Crippen molar-refractivity contribution in [3.63, 3.8) is 0 Å². The van der Waals surface area contributed by atoms with Crippen molar-refractivity contribution in [2.24, 2.45) is 0 Å². The molecule has 7 heteroatoms. The lowest BCUT2D eigenvalue weighted by Gasteiger charge is -2.24. The lowest BCUT2D eigenvalue weighted by molar-refractivity contribution is 0.479. The fourth-order valence-electron chi connectivity index (χ4n) is 4.08. The van der Waals surface area contributed by atoms with Gasteiger partial charge in [0.05, 0.1) is 18.3 Å². The van der Waals surface area contributed by atoms with Crippen molar-refractivity contribution in [1.29, 1.82) is 0 Å². The van der Waals surface area contributed by atoms with Crippen LogP contribution in [-0.4, -0.2) is 37.0 Å². The molecule has 3 aromatic heterocycles. The zero-order valence-corrected chi connectivity index (χ0v) is 14.0. The molecule has 4 heterocycles. The molecule has 1 aliphatic carbocycles. The molecule has 0 aromatic carbocycles. The van der Waals surface area contributed by atoms with E-state index < -0.39 is 0 Å². The summed E-state index contributed by atoms with van der Waals surface area (Å²) in [6, 6.07) is 7.90. The van der Waals surface area contributed by atoms with Crippen LogP contribution in [-0.2, 0) is 19.4 Å². The van der Waals surface area contributed by atoms with Gasteiger partial charge in [0.15, 0.2) is 5.65 Å². The van der Waals surface area contributed by atoms with Gasteiger partial charge < -0.3 is 4.90 Å². The molecule has 0 N–H and O–H groups in total. The van der Waals surface area contributed by atoms with Crippen LogP contribution in [0.25, 0.3) is 5.65 Å². The van der Waals surface area contributed by atoms with Gasteiger partial charge in [0.2, 0.25) is 5.95 Å². The Morgan fingerprint density at radius 2 is 2.12 bits per heavy atom. The molecule has 5 rings (SSSR count). The van der Waals surface area contributed by atoms with Crippen LogP contribution >= 0.6 is 0 Å². The van der Waals surface area contributed by atoms with E-state index in [9.17, 15) is 4.79 Å². The van der Waals surface area contributed by atoms with Gasteiger partial charge >= 0.3 is 0 Å². The van der Waals surface area contributed by atoms with Crippen LogP contribution in [0.5, 0.6) is 0 Å². The van der Waals surface area contributed by atoms with E-state index in [1.165, 1.54) is 0 Å². The van der Waals surface area contributed by atoms with Crippen molar-refractivity contribution in [3.05, 3.63) is 52.1 Å². The molecular formula is C18H20N6O. The molecule has 0 radical (unpaired) electrons. The maximum atomic E-state index is 12.4. The molecule has 3 aromatic rings. The van der Waals surface area contributed by atoms with Gasteiger partial charge in [-0.2, -0.15) is 5.10 Å². The number of aromatic nitrogens is 5. The predicted molar refractivity (Wildman–Crippen MR) is 93.9 cm³/mol. The van der Waals surface area contributed by atoms with E-state index in [0.717, 1.165) is 61.5 Å². The quantitative estimate of drug-likeness (QED) is 0.724. The Bertz CT molecular complexity index is 991. The van der Waals surface area contributed by atoms with Crippen molar-refractivity contribution >= 4 is 11.6 Å². The second kappa shape index (κ2) is 5.68. The number of aryl methyl sites for hydroxylation is 2. The smallest absolute Gasteiger partial charge is 0.267 e. The molecule has 1 unspecified atom stereocenters. The molecule has 0 saturated carbocycles. The summed E-state index contributed by atoms with van der Waals surface area (Å²) >= 11 is 0. The highest BCUT2D eigenvalue weighted by molar-refractivity contribution is 5.47. The molecule has 1 fully saturated rings. The van der Waals surface area contributed by atoms with E-state index in [2.05, 4.69) is 20.2 Å². The molecule has 2 aliphatic rings.